The lowest BCUT2D eigenvalue weighted by atomic mass is 10.4. The summed E-state index contributed by atoms with van der Waals surface area (Å²) >= 11 is 0. The van der Waals surface area contributed by atoms with Crippen molar-refractivity contribution < 1.29 is 9.53 Å². The molecule has 45 valence electrons. The van der Waals surface area contributed by atoms with Crippen molar-refractivity contribution in [1.82, 2.24) is 0 Å². The summed E-state index contributed by atoms with van der Waals surface area (Å²) in [5.74, 6) is 0. The molecule has 0 aromatic carbocycles. The Balaban J connectivity index is 3.35. The highest BCUT2D eigenvalue weighted by molar-refractivity contribution is 5.57. The number of hydrogen-bond donors (Lipinski definition) is 0. The summed E-state index contributed by atoms with van der Waals surface area (Å²) in [6.07, 6.45) is 2.53. The first-order valence-corrected chi connectivity index (χ1v) is 2.44. The molecule has 2 nitrogen and oxygen atoms in total. The van der Waals surface area contributed by atoms with Crippen LogP contribution in [0.3, 0.4) is 0 Å². The Morgan fingerprint density at radius 1 is 2.00 bits per heavy atom. The molecule has 2 heteroatoms. The lowest BCUT2D eigenvalue weighted by Gasteiger charge is -2.00. The van der Waals surface area contributed by atoms with E-state index in [-0.39, 0.29) is 0 Å². The van der Waals surface area contributed by atoms with Gasteiger partial charge in [0.25, 0.3) is 0 Å². The van der Waals surface area contributed by atoms with Crippen LogP contribution in [-0.2, 0) is 9.53 Å². The van der Waals surface area contributed by atoms with E-state index in [0.717, 1.165) is 0 Å². The molecule has 0 heterocycles. The predicted molar refractivity (Wildman–Crippen MR) is 30.3 cm³/mol. The number of carbonyl (C=O) groups is 1. The summed E-state index contributed by atoms with van der Waals surface area (Å²) < 4.78 is 4.80. The third-order valence-corrected chi connectivity index (χ3v) is 0.671. The zero-order valence-electron chi connectivity index (χ0n) is 4.89. The Bertz CT molecular complexity index is 70.6. The van der Waals surface area contributed by atoms with Gasteiger partial charge in [0.05, 0.1) is 0 Å². The molecule has 1 atom stereocenters. The van der Waals surface area contributed by atoms with Crippen LogP contribution in [-0.4, -0.2) is 19.0 Å². The van der Waals surface area contributed by atoms with Gasteiger partial charge in [-0.25, -0.2) is 0 Å². The van der Waals surface area contributed by atoms with Gasteiger partial charge < -0.3 is 9.53 Å². The minimum absolute atomic E-state index is 0.520. The van der Waals surface area contributed by atoms with Gasteiger partial charge in [-0.1, -0.05) is 6.58 Å². The molecule has 0 aliphatic rings. The number of hydrogen-bond acceptors (Lipinski definition) is 2. The van der Waals surface area contributed by atoms with Gasteiger partial charge in [-0.05, 0) is 13.0 Å². The molecule has 0 saturated heterocycles. The Morgan fingerprint density at radius 3 is 2.75 bits per heavy atom. The molecule has 1 unspecified atom stereocenters. The number of rotatable bonds is 4. The maximum Gasteiger partial charge on any atom is 0.153 e. The highest BCUT2D eigenvalue weighted by Crippen LogP contribution is 1.84. The van der Waals surface area contributed by atoms with Gasteiger partial charge in [0.15, 0.2) is 6.29 Å². The first kappa shape index (κ1) is 7.37. The number of aldehydes is 1. The van der Waals surface area contributed by atoms with Crippen molar-refractivity contribution in [3.8, 4) is 0 Å². The summed E-state index contributed by atoms with van der Waals surface area (Å²) in [6.45, 7) is 5.60. The van der Waals surface area contributed by atoms with Crippen molar-refractivity contribution in [1.29, 1.82) is 0 Å². The van der Waals surface area contributed by atoms with Crippen LogP contribution in [0, 0.1) is 6.08 Å². The van der Waals surface area contributed by atoms with Crippen molar-refractivity contribution in [3.05, 3.63) is 12.7 Å². The largest absolute Gasteiger partial charge is 0.366 e. The van der Waals surface area contributed by atoms with E-state index in [1.807, 2.05) is 6.92 Å². The smallest absolute Gasteiger partial charge is 0.153 e. The molecule has 0 bridgehead atoms. The summed E-state index contributed by atoms with van der Waals surface area (Å²) in [5.41, 5.74) is 0. The quantitative estimate of drug-likeness (QED) is 0.498. The molecule has 0 N–H and O–H groups in total. The van der Waals surface area contributed by atoms with E-state index in [2.05, 4.69) is 12.7 Å². The highest BCUT2D eigenvalue weighted by atomic mass is 16.5. The topological polar surface area (TPSA) is 26.3 Å². The van der Waals surface area contributed by atoms with E-state index in [1.165, 1.54) is 0 Å². The van der Waals surface area contributed by atoms with Crippen LogP contribution in [0.25, 0.3) is 0 Å². The van der Waals surface area contributed by atoms with E-state index in [0.29, 0.717) is 12.9 Å². The van der Waals surface area contributed by atoms with Crippen LogP contribution in [0.15, 0.2) is 6.58 Å². The second-order valence-corrected chi connectivity index (χ2v) is 1.22. The third kappa shape index (κ3) is 2.53. The zero-order valence-corrected chi connectivity index (χ0v) is 4.89. The maximum absolute atomic E-state index is 9.90. The molecule has 0 amide bonds. The van der Waals surface area contributed by atoms with Crippen LogP contribution in [0.4, 0.5) is 0 Å². The molecular weight excluding hydrogens is 104 g/mol. The van der Waals surface area contributed by atoms with Crippen LogP contribution >= 0.6 is 0 Å². The fraction of sp³-hybridized carbons (Fsp3) is 0.500. The van der Waals surface area contributed by atoms with Crippen LogP contribution in [0.2, 0.25) is 0 Å². The van der Waals surface area contributed by atoms with Gasteiger partial charge in [0.2, 0.25) is 0 Å². The Morgan fingerprint density at radius 2 is 2.62 bits per heavy atom. The van der Waals surface area contributed by atoms with Crippen molar-refractivity contribution in [2.75, 3.05) is 6.61 Å². The number of carbonyl (C=O) groups excluding carboxylic acids is 1. The van der Waals surface area contributed by atoms with Crippen molar-refractivity contribution in [2.45, 2.75) is 13.0 Å². The highest BCUT2D eigenvalue weighted by Gasteiger charge is 1.96. The Kier molecular flexibility index (Phi) is 4.17. The molecule has 0 fully saturated rings. The van der Waals surface area contributed by atoms with Gasteiger partial charge >= 0.3 is 0 Å². The van der Waals surface area contributed by atoms with Gasteiger partial charge in [0.1, 0.15) is 6.10 Å². The lowest BCUT2D eigenvalue weighted by molar-refractivity contribution is -0.115. The van der Waals surface area contributed by atoms with Gasteiger partial charge in [0, 0.05) is 6.61 Å². The van der Waals surface area contributed by atoms with Crippen LogP contribution in [0.5, 0.6) is 0 Å². The summed E-state index contributed by atoms with van der Waals surface area (Å²) in [5, 5.41) is 0. The first-order chi connectivity index (χ1) is 3.85. The van der Waals surface area contributed by atoms with Crippen LogP contribution < -0.4 is 0 Å². The molecule has 0 rings (SSSR count). The standard InChI is InChI=1S/C6H9O2/c1-3-6(5-7)8-4-2/h5-6H,1,4H2,2H3. The Hall–Kier alpha value is -0.630. The Labute approximate surface area is 49.1 Å². The van der Waals surface area contributed by atoms with E-state index < -0.39 is 6.10 Å². The molecular formula is C6H9O2. The van der Waals surface area contributed by atoms with Crippen molar-refractivity contribution in [3.63, 3.8) is 0 Å². The minimum Gasteiger partial charge on any atom is -0.366 e. The predicted octanol–water partition coefficient (Wildman–Crippen LogP) is 0.580. The normalized spacial score (nSPS) is 12.6. The molecule has 0 aromatic rings. The average molecular weight is 113 g/mol. The molecule has 0 aromatic heterocycles. The second-order valence-electron chi connectivity index (χ2n) is 1.22. The van der Waals surface area contributed by atoms with E-state index in [4.69, 9.17) is 4.74 Å². The third-order valence-electron chi connectivity index (χ3n) is 0.671. The zero-order chi connectivity index (χ0) is 6.41. The average Bonchev–Trinajstić information content (AvgIpc) is 1.83. The SMILES string of the molecule is C=[C]C(C=O)OCC. The van der Waals surface area contributed by atoms with Crippen molar-refractivity contribution in [2.24, 2.45) is 0 Å². The summed E-state index contributed by atoms with van der Waals surface area (Å²) in [7, 11) is 0. The fourth-order valence-corrected chi connectivity index (χ4v) is 0.326. The van der Waals surface area contributed by atoms with E-state index in [9.17, 15) is 4.79 Å². The molecule has 0 saturated carbocycles. The van der Waals surface area contributed by atoms with Gasteiger partial charge in [-0.2, -0.15) is 0 Å². The monoisotopic (exact) mass is 113 g/mol. The molecule has 0 aliphatic carbocycles. The summed E-state index contributed by atoms with van der Waals surface area (Å²) in [6, 6.07) is 0. The second kappa shape index (κ2) is 4.53. The first-order valence-electron chi connectivity index (χ1n) is 2.44. The maximum atomic E-state index is 9.90. The van der Waals surface area contributed by atoms with Gasteiger partial charge in [-0.3, -0.25) is 0 Å². The number of ether oxygens (including phenoxy) is 1. The fourth-order valence-electron chi connectivity index (χ4n) is 0.326. The summed E-state index contributed by atoms with van der Waals surface area (Å²) in [4.78, 5) is 9.90. The van der Waals surface area contributed by atoms with Crippen molar-refractivity contribution >= 4 is 6.29 Å². The molecule has 1 radical (unpaired) electrons. The molecule has 0 spiro atoms. The van der Waals surface area contributed by atoms with Gasteiger partial charge in [-0.15, -0.1) is 0 Å². The molecule has 0 aliphatic heterocycles. The van der Waals surface area contributed by atoms with E-state index >= 15 is 0 Å². The van der Waals surface area contributed by atoms with E-state index in [1.54, 1.807) is 0 Å². The minimum atomic E-state index is -0.542. The lowest BCUT2D eigenvalue weighted by Crippen LogP contribution is -2.10. The van der Waals surface area contributed by atoms with Crippen LogP contribution in [0.1, 0.15) is 6.92 Å². The molecule has 8 heavy (non-hydrogen) atoms.